The number of hydrogen-bond acceptors (Lipinski definition) is 2. The summed E-state index contributed by atoms with van der Waals surface area (Å²) in [4.78, 5) is 2.28. The Morgan fingerprint density at radius 1 is 1.07 bits per heavy atom. The van der Waals surface area contributed by atoms with Gasteiger partial charge in [0.05, 0.1) is 13.2 Å². The second-order valence-electron chi connectivity index (χ2n) is 7.24. The third-order valence-electron chi connectivity index (χ3n) is 5.35. The smallest absolute Gasteiger partial charge is 0.174 e. The van der Waals surface area contributed by atoms with E-state index in [0.717, 1.165) is 29.6 Å². The van der Waals surface area contributed by atoms with E-state index in [4.69, 9.17) is 17.0 Å². The number of methoxy groups -OCH3 is 1. The molecule has 1 aromatic heterocycles. The number of thiocarbonyl (C=S) groups is 1. The van der Waals surface area contributed by atoms with Gasteiger partial charge in [-0.15, -0.1) is 0 Å². The summed E-state index contributed by atoms with van der Waals surface area (Å²) in [6.07, 6.45) is 2.14. The van der Waals surface area contributed by atoms with E-state index in [1.807, 2.05) is 12.1 Å². The number of aryl methyl sites for hydroxylation is 2. The van der Waals surface area contributed by atoms with Crippen LogP contribution >= 0.6 is 12.2 Å². The lowest BCUT2D eigenvalue weighted by Crippen LogP contribution is -2.44. The second-order valence-corrected chi connectivity index (χ2v) is 7.63. The molecule has 5 heteroatoms. The molecule has 0 saturated heterocycles. The fourth-order valence-electron chi connectivity index (χ4n) is 3.88. The predicted molar refractivity (Wildman–Crippen MR) is 118 cm³/mol. The zero-order valence-corrected chi connectivity index (χ0v) is 17.3. The van der Waals surface area contributed by atoms with Gasteiger partial charge in [0, 0.05) is 30.7 Å². The van der Waals surface area contributed by atoms with Crippen molar-refractivity contribution in [3.05, 3.63) is 83.2 Å². The Morgan fingerprint density at radius 2 is 1.86 bits per heavy atom. The zero-order valence-electron chi connectivity index (χ0n) is 16.5. The lowest BCUT2D eigenvalue weighted by molar-refractivity contribution is 0.293. The van der Waals surface area contributed by atoms with Crippen LogP contribution in [0.3, 0.4) is 0 Å². The Labute approximate surface area is 171 Å². The Bertz CT molecular complexity index is 993. The number of nitrogens with one attached hydrogen (secondary N) is 1. The molecule has 2 aromatic carbocycles. The number of rotatable bonds is 3. The number of anilines is 1. The summed E-state index contributed by atoms with van der Waals surface area (Å²) in [5.41, 5.74) is 5.96. The van der Waals surface area contributed by atoms with Crippen LogP contribution in [0.5, 0.6) is 5.75 Å². The molecule has 1 N–H and O–H groups in total. The van der Waals surface area contributed by atoms with Crippen LogP contribution in [0.2, 0.25) is 0 Å². The number of ether oxygens (including phenoxy) is 1. The highest BCUT2D eigenvalue weighted by molar-refractivity contribution is 7.80. The van der Waals surface area contributed by atoms with Gasteiger partial charge in [0.25, 0.3) is 0 Å². The van der Waals surface area contributed by atoms with E-state index >= 15 is 0 Å². The summed E-state index contributed by atoms with van der Waals surface area (Å²) >= 11 is 5.86. The maximum atomic E-state index is 5.86. The maximum absolute atomic E-state index is 5.86. The number of benzene rings is 2. The first-order chi connectivity index (χ1) is 13.6. The van der Waals surface area contributed by atoms with Crippen molar-refractivity contribution in [2.24, 2.45) is 0 Å². The molecule has 4 rings (SSSR count). The minimum atomic E-state index is 0.0698. The van der Waals surface area contributed by atoms with E-state index in [2.05, 4.69) is 77.3 Å². The maximum Gasteiger partial charge on any atom is 0.174 e. The van der Waals surface area contributed by atoms with Gasteiger partial charge in [-0.1, -0.05) is 29.8 Å². The molecule has 28 heavy (non-hydrogen) atoms. The summed E-state index contributed by atoms with van der Waals surface area (Å²) in [6, 6.07) is 19.0. The first-order valence-corrected chi connectivity index (χ1v) is 9.91. The fourth-order valence-corrected chi connectivity index (χ4v) is 4.19. The third-order valence-corrected chi connectivity index (χ3v) is 5.69. The molecular formula is C23H25N3OS. The van der Waals surface area contributed by atoms with Gasteiger partial charge < -0.3 is 19.5 Å². The first-order valence-electron chi connectivity index (χ1n) is 9.50. The third kappa shape index (κ3) is 3.50. The highest BCUT2D eigenvalue weighted by atomic mass is 32.1. The van der Waals surface area contributed by atoms with Crippen LogP contribution in [0.4, 0.5) is 5.69 Å². The van der Waals surface area contributed by atoms with E-state index in [1.54, 1.807) is 7.11 Å². The molecule has 144 valence electrons. The Morgan fingerprint density at radius 3 is 2.57 bits per heavy atom. The molecule has 3 aromatic rings. The molecule has 0 aliphatic carbocycles. The first kappa shape index (κ1) is 18.6. The second kappa shape index (κ2) is 7.68. The summed E-state index contributed by atoms with van der Waals surface area (Å²) in [5, 5.41) is 4.23. The average Bonchev–Trinajstić information content (AvgIpc) is 3.18. The van der Waals surface area contributed by atoms with Gasteiger partial charge in [-0.2, -0.15) is 0 Å². The molecule has 1 aliphatic rings. The Hall–Kier alpha value is -2.79. The number of hydrogen-bond donors (Lipinski definition) is 1. The van der Waals surface area contributed by atoms with E-state index in [9.17, 15) is 0 Å². The Kier molecular flexibility index (Phi) is 5.09. The van der Waals surface area contributed by atoms with Crippen molar-refractivity contribution in [2.75, 3.05) is 19.0 Å². The molecule has 0 spiro atoms. The van der Waals surface area contributed by atoms with Gasteiger partial charge in [-0.05, 0) is 67.5 Å². The standard InChI is InChI=1S/C23H25N3OS/c1-16-6-11-20(17(2)15-16)24-23(28)26-14-13-25-12-4-5-21(25)22(26)18-7-9-19(27-3)10-8-18/h4-12,15,22H,13-14H2,1-3H3,(H,24,28)/t22-/m1/s1. The highest BCUT2D eigenvalue weighted by Gasteiger charge is 2.30. The van der Waals surface area contributed by atoms with Gasteiger partial charge in [-0.25, -0.2) is 0 Å². The van der Waals surface area contributed by atoms with Gasteiger partial charge in [0.15, 0.2) is 5.11 Å². The van der Waals surface area contributed by atoms with Gasteiger partial charge >= 0.3 is 0 Å². The molecule has 1 aliphatic heterocycles. The van der Waals surface area contributed by atoms with E-state index in [-0.39, 0.29) is 6.04 Å². The number of nitrogens with zero attached hydrogens (tertiary/aromatic N) is 2. The van der Waals surface area contributed by atoms with Crippen LogP contribution in [0.15, 0.2) is 60.8 Å². The van der Waals surface area contributed by atoms with Crippen LogP contribution < -0.4 is 10.1 Å². The molecule has 2 heterocycles. The summed E-state index contributed by atoms with van der Waals surface area (Å²) in [6.45, 7) is 5.99. The van der Waals surface area contributed by atoms with Gasteiger partial charge in [0.2, 0.25) is 0 Å². The molecule has 0 radical (unpaired) electrons. The SMILES string of the molecule is COc1ccc([C@@H]2c3cccn3CCN2C(=S)Nc2ccc(C)cc2C)cc1. The fraction of sp³-hybridized carbons (Fsp3) is 0.261. The monoisotopic (exact) mass is 391 g/mol. The molecule has 4 nitrogen and oxygen atoms in total. The largest absolute Gasteiger partial charge is 0.497 e. The van der Waals surface area contributed by atoms with Crippen molar-refractivity contribution >= 4 is 23.0 Å². The quantitative estimate of drug-likeness (QED) is 0.642. The molecule has 1 atom stereocenters. The van der Waals surface area contributed by atoms with Crippen molar-refractivity contribution in [3.8, 4) is 5.75 Å². The number of fused-ring (bicyclic) bond motifs is 1. The molecule has 0 unspecified atom stereocenters. The van der Waals surface area contributed by atoms with E-state index in [1.165, 1.54) is 22.4 Å². The molecular weight excluding hydrogens is 366 g/mol. The highest BCUT2D eigenvalue weighted by Crippen LogP contribution is 2.34. The van der Waals surface area contributed by atoms with Gasteiger partial charge in [0.1, 0.15) is 5.75 Å². The van der Waals surface area contributed by atoms with Crippen LogP contribution in [-0.4, -0.2) is 28.2 Å². The predicted octanol–water partition coefficient (Wildman–Crippen LogP) is 4.92. The van der Waals surface area contributed by atoms with Crippen molar-refractivity contribution in [1.82, 2.24) is 9.47 Å². The molecule has 0 amide bonds. The van der Waals surface area contributed by atoms with E-state index < -0.39 is 0 Å². The van der Waals surface area contributed by atoms with Crippen LogP contribution in [0, 0.1) is 13.8 Å². The average molecular weight is 392 g/mol. The van der Waals surface area contributed by atoms with Crippen molar-refractivity contribution in [3.63, 3.8) is 0 Å². The van der Waals surface area contributed by atoms with E-state index in [0.29, 0.717) is 0 Å². The summed E-state index contributed by atoms with van der Waals surface area (Å²) in [5.74, 6) is 0.859. The summed E-state index contributed by atoms with van der Waals surface area (Å²) in [7, 11) is 1.69. The minimum absolute atomic E-state index is 0.0698. The normalized spacial score (nSPS) is 15.8. The lowest BCUT2D eigenvalue weighted by atomic mass is 10.00. The molecule has 0 bridgehead atoms. The van der Waals surface area contributed by atoms with Crippen molar-refractivity contribution in [2.45, 2.75) is 26.4 Å². The molecule has 0 saturated carbocycles. The topological polar surface area (TPSA) is 29.4 Å². The van der Waals surface area contributed by atoms with Crippen molar-refractivity contribution < 1.29 is 4.74 Å². The summed E-state index contributed by atoms with van der Waals surface area (Å²) < 4.78 is 7.64. The van der Waals surface area contributed by atoms with Crippen molar-refractivity contribution in [1.29, 1.82) is 0 Å². The molecule has 0 fully saturated rings. The Balaban J connectivity index is 1.66. The number of aromatic nitrogens is 1. The van der Waals surface area contributed by atoms with Gasteiger partial charge in [-0.3, -0.25) is 0 Å². The van der Waals surface area contributed by atoms with Crippen LogP contribution in [0.1, 0.15) is 28.4 Å². The van der Waals surface area contributed by atoms with Crippen LogP contribution in [0.25, 0.3) is 0 Å². The minimum Gasteiger partial charge on any atom is -0.497 e. The lowest BCUT2D eigenvalue weighted by Gasteiger charge is -2.39. The zero-order chi connectivity index (χ0) is 19.7. The van der Waals surface area contributed by atoms with Crippen LogP contribution in [-0.2, 0) is 6.54 Å².